The highest BCUT2D eigenvalue weighted by atomic mass is 35.5. The van der Waals surface area contributed by atoms with Crippen molar-refractivity contribution in [1.29, 1.82) is 0 Å². The molecule has 0 N–H and O–H groups in total. The highest BCUT2D eigenvalue weighted by Gasteiger charge is 2.19. The molecule has 0 aliphatic heterocycles. The number of aromatic nitrogens is 7. The first kappa shape index (κ1) is 19.0. The molecule has 1 aromatic carbocycles. The summed E-state index contributed by atoms with van der Waals surface area (Å²) < 4.78 is 7.19. The van der Waals surface area contributed by atoms with E-state index in [1.54, 1.807) is 18.6 Å². The molecular formula is C18H16ClN7S2. The summed E-state index contributed by atoms with van der Waals surface area (Å²) in [5.41, 5.74) is 1.51. The second-order valence-corrected chi connectivity index (χ2v) is 8.79. The average Bonchev–Trinajstić information content (AvgIpc) is 3.30. The summed E-state index contributed by atoms with van der Waals surface area (Å²) in [4.78, 5) is 13.1. The van der Waals surface area contributed by atoms with E-state index in [4.69, 9.17) is 11.6 Å². The van der Waals surface area contributed by atoms with E-state index in [0.29, 0.717) is 27.6 Å². The summed E-state index contributed by atoms with van der Waals surface area (Å²) in [5.74, 6) is 1.97. The number of hydrogen-bond donors (Lipinski definition) is 0. The van der Waals surface area contributed by atoms with Crippen LogP contribution in [0.2, 0.25) is 5.02 Å². The van der Waals surface area contributed by atoms with Gasteiger partial charge >= 0.3 is 0 Å². The van der Waals surface area contributed by atoms with Crippen LogP contribution < -0.4 is 0 Å². The number of rotatable bonds is 6. The molecule has 0 unspecified atom stereocenters. The zero-order chi connectivity index (χ0) is 19.5. The molecule has 0 aliphatic carbocycles. The Balaban J connectivity index is 1.74. The van der Waals surface area contributed by atoms with Crippen LogP contribution in [0.4, 0.5) is 0 Å². The van der Waals surface area contributed by atoms with Gasteiger partial charge < -0.3 is 0 Å². The normalized spacial score (nSPS) is 11.3. The number of halogens is 1. The summed E-state index contributed by atoms with van der Waals surface area (Å²) in [7, 11) is 0. The van der Waals surface area contributed by atoms with E-state index in [2.05, 4.69) is 43.4 Å². The van der Waals surface area contributed by atoms with Gasteiger partial charge in [0.25, 0.3) is 0 Å². The first-order chi connectivity index (χ1) is 13.6. The number of nitrogens with zero attached hydrogens (tertiary/aromatic N) is 7. The Morgan fingerprint density at radius 3 is 2.68 bits per heavy atom. The Morgan fingerprint density at radius 1 is 1.14 bits per heavy atom. The van der Waals surface area contributed by atoms with Gasteiger partial charge in [-0.2, -0.15) is 4.37 Å². The molecule has 28 heavy (non-hydrogen) atoms. The summed E-state index contributed by atoms with van der Waals surface area (Å²) in [5, 5.41) is 10.1. The van der Waals surface area contributed by atoms with Crippen molar-refractivity contribution in [2.75, 3.05) is 0 Å². The smallest absolute Gasteiger partial charge is 0.203 e. The third-order valence-corrected chi connectivity index (χ3v) is 5.72. The van der Waals surface area contributed by atoms with Crippen molar-refractivity contribution in [2.45, 2.75) is 29.8 Å². The molecule has 0 radical (unpaired) electrons. The lowest BCUT2D eigenvalue weighted by molar-refractivity contribution is 0.625. The summed E-state index contributed by atoms with van der Waals surface area (Å²) >= 11 is 8.86. The lowest BCUT2D eigenvalue weighted by atomic mass is 10.1. The van der Waals surface area contributed by atoms with Crippen LogP contribution >= 0.6 is 34.9 Å². The van der Waals surface area contributed by atoms with Gasteiger partial charge in [0.2, 0.25) is 5.16 Å². The van der Waals surface area contributed by atoms with Crippen molar-refractivity contribution < 1.29 is 0 Å². The molecule has 0 aliphatic rings. The van der Waals surface area contributed by atoms with Gasteiger partial charge in [-0.25, -0.2) is 9.97 Å². The minimum absolute atomic E-state index is 0.508. The second-order valence-electron chi connectivity index (χ2n) is 6.39. The zero-order valence-corrected chi connectivity index (χ0v) is 17.5. The maximum atomic E-state index is 6.06. The first-order valence-electron chi connectivity index (χ1n) is 8.58. The Kier molecular flexibility index (Phi) is 5.65. The van der Waals surface area contributed by atoms with Crippen molar-refractivity contribution in [3.05, 3.63) is 53.7 Å². The van der Waals surface area contributed by atoms with Gasteiger partial charge in [0.1, 0.15) is 11.5 Å². The van der Waals surface area contributed by atoms with Crippen molar-refractivity contribution in [1.82, 2.24) is 34.1 Å². The molecule has 0 fully saturated rings. The lowest BCUT2D eigenvalue weighted by Crippen LogP contribution is -2.00. The SMILES string of the molecule is CC(C)Cc1nsc(Sc2nnc(-c3cnccn3)n2-c2ccc(Cl)cc2)n1. The monoisotopic (exact) mass is 429 g/mol. The summed E-state index contributed by atoms with van der Waals surface area (Å²) in [6.45, 7) is 4.30. The van der Waals surface area contributed by atoms with E-state index in [1.165, 1.54) is 23.3 Å². The van der Waals surface area contributed by atoms with Gasteiger partial charge in [-0.15, -0.1) is 10.2 Å². The molecule has 0 bridgehead atoms. The highest BCUT2D eigenvalue weighted by Crippen LogP contribution is 2.33. The Bertz CT molecular complexity index is 1060. The van der Waals surface area contributed by atoms with Gasteiger partial charge in [0.15, 0.2) is 10.2 Å². The minimum Gasteiger partial charge on any atom is -0.268 e. The quantitative estimate of drug-likeness (QED) is 0.443. The third kappa shape index (κ3) is 4.21. The van der Waals surface area contributed by atoms with E-state index in [9.17, 15) is 0 Å². The van der Waals surface area contributed by atoms with Gasteiger partial charge in [-0.05, 0) is 53.5 Å². The van der Waals surface area contributed by atoms with Gasteiger partial charge in [-0.1, -0.05) is 25.4 Å². The van der Waals surface area contributed by atoms with E-state index < -0.39 is 0 Å². The molecule has 3 aromatic heterocycles. The fourth-order valence-corrected chi connectivity index (χ4v) is 4.27. The van der Waals surface area contributed by atoms with E-state index in [-0.39, 0.29) is 0 Å². The van der Waals surface area contributed by atoms with Crippen LogP contribution in [0.5, 0.6) is 0 Å². The molecule has 4 rings (SSSR count). The van der Waals surface area contributed by atoms with Crippen LogP contribution in [-0.2, 0) is 6.42 Å². The van der Waals surface area contributed by atoms with Crippen molar-refractivity contribution in [3.63, 3.8) is 0 Å². The van der Waals surface area contributed by atoms with Crippen LogP contribution in [0.15, 0.2) is 52.4 Å². The average molecular weight is 430 g/mol. The predicted molar refractivity (Wildman–Crippen MR) is 110 cm³/mol. The Labute approximate surface area is 175 Å². The summed E-state index contributed by atoms with van der Waals surface area (Å²) in [6, 6.07) is 7.49. The number of benzene rings is 1. The van der Waals surface area contributed by atoms with E-state index >= 15 is 0 Å². The molecule has 7 nitrogen and oxygen atoms in total. The van der Waals surface area contributed by atoms with E-state index in [1.807, 2.05) is 28.8 Å². The van der Waals surface area contributed by atoms with Crippen LogP contribution in [0.1, 0.15) is 19.7 Å². The van der Waals surface area contributed by atoms with Crippen LogP contribution in [0.25, 0.3) is 17.2 Å². The van der Waals surface area contributed by atoms with Crippen molar-refractivity contribution in [2.24, 2.45) is 5.92 Å². The molecule has 3 heterocycles. The fourth-order valence-electron chi connectivity index (χ4n) is 2.54. The molecular weight excluding hydrogens is 414 g/mol. The first-order valence-corrected chi connectivity index (χ1v) is 10.5. The Hall–Kier alpha value is -2.36. The maximum Gasteiger partial charge on any atom is 0.203 e. The second kappa shape index (κ2) is 8.34. The van der Waals surface area contributed by atoms with Gasteiger partial charge in [0, 0.05) is 29.5 Å². The standard InChI is InChI=1S/C18H16ClN7S2/c1-11(2)9-15-22-18(28-25-15)27-17-24-23-16(14-10-20-7-8-21-14)26(17)13-5-3-12(19)4-6-13/h3-8,10-11H,9H2,1-2H3. The molecule has 0 saturated carbocycles. The molecule has 4 aromatic rings. The van der Waals surface area contributed by atoms with Crippen LogP contribution in [0, 0.1) is 5.92 Å². The number of hydrogen-bond acceptors (Lipinski definition) is 8. The highest BCUT2D eigenvalue weighted by molar-refractivity contribution is 8.00. The minimum atomic E-state index is 0.508. The van der Waals surface area contributed by atoms with E-state index in [0.717, 1.165) is 22.3 Å². The molecule has 10 heteroatoms. The van der Waals surface area contributed by atoms with Gasteiger partial charge in [-0.3, -0.25) is 9.55 Å². The third-order valence-electron chi connectivity index (χ3n) is 3.73. The zero-order valence-electron chi connectivity index (χ0n) is 15.2. The Morgan fingerprint density at radius 2 is 1.96 bits per heavy atom. The molecule has 0 saturated heterocycles. The van der Waals surface area contributed by atoms with Crippen molar-refractivity contribution >= 4 is 34.9 Å². The summed E-state index contributed by atoms with van der Waals surface area (Å²) in [6.07, 6.45) is 5.77. The maximum absolute atomic E-state index is 6.06. The van der Waals surface area contributed by atoms with Crippen molar-refractivity contribution in [3.8, 4) is 17.2 Å². The predicted octanol–water partition coefficient (Wildman–Crippen LogP) is 4.58. The molecule has 0 amide bonds. The molecule has 142 valence electrons. The fraction of sp³-hybridized carbons (Fsp3) is 0.222. The molecule has 0 atom stereocenters. The van der Waals surface area contributed by atoms with Crippen LogP contribution in [0.3, 0.4) is 0 Å². The van der Waals surface area contributed by atoms with Crippen LogP contribution in [-0.4, -0.2) is 34.1 Å². The molecule has 0 spiro atoms. The lowest BCUT2D eigenvalue weighted by Gasteiger charge is -2.09. The largest absolute Gasteiger partial charge is 0.268 e. The topological polar surface area (TPSA) is 82.3 Å². The van der Waals surface area contributed by atoms with Gasteiger partial charge in [0.05, 0.1) is 6.20 Å².